The lowest BCUT2D eigenvalue weighted by Crippen LogP contribution is -2.41. The molecule has 0 aromatic carbocycles. The van der Waals surface area contributed by atoms with Gasteiger partial charge in [-0.05, 0) is 32.9 Å². The maximum atomic E-state index is 12.5. The van der Waals surface area contributed by atoms with Crippen LogP contribution >= 0.6 is 0 Å². The Bertz CT molecular complexity index is 422. The van der Waals surface area contributed by atoms with Crippen molar-refractivity contribution in [2.24, 2.45) is 5.41 Å². The Morgan fingerprint density at radius 1 is 1.50 bits per heavy atom. The Labute approximate surface area is 104 Å². The lowest BCUT2D eigenvalue weighted by molar-refractivity contribution is -0.151. The molecule has 0 aliphatic heterocycles. The highest BCUT2D eigenvalue weighted by atomic mass is 19.3. The zero-order valence-electron chi connectivity index (χ0n) is 10.5. The second-order valence-electron chi connectivity index (χ2n) is 4.51. The second-order valence-corrected chi connectivity index (χ2v) is 4.51. The third-order valence-corrected chi connectivity index (χ3v) is 2.46. The highest BCUT2D eigenvalue weighted by Gasteiger charge is 2.37. The van der Waals surface area contributed by atoms with E-state index in [9.17, 15) is 13.6 Å². The standard InChI is InChI=1S/C12H16F2N2O2/c1-8-5-4-6-9(15-8)7-18-16-11(17)12(2,3)10(13)14/h4-6,10H,7H2,1-3H3,(H,16,17). The summed E-state index contributed by atoms with van der Waals surface area (Å²) in [6.45, 7) is 4.16. The van der Waals surface area contributed by atoms with Gasteiger partial charge in [-0.15, -0.1) is 0 Å². The van der Waals surface area contributed by atoms with Crippen molar-refractivity contribution < 1.29 is 18.4 Å². The summed E-state index contributed by atoms with van der Waals surface area (Å²) in [5.74, 6) is -0.856. The van der Waals surface area contributed by atoms with E-state index < -0.39 is 17.7 Å². The first-order valence-electron chi connectivity index (χ1n) is 5.47. The smallest absolute Gasteiger partial charge is 0.254 e. The molecule has 1 heterocycles. The molecule has 1 aromatic rings. The number of hydrogen-bond donors (Lipinski definition) is 1. The third kappa shape index (κ3) is 3.73. The molecule has 1 rings (SSSR count). The average molecular weight is 258 g/mol. The van der Waals surface area contributed by atoms with Gasteiger partial charge in [0.1, 0.15) is 12.0 Å². The quantitative estimate of drug-likeness (QED) is 0.824. The molecule has 0 saturated carbocycles. The number of aryl methyl sites for hydroxylation is 1. The van der Waals surface area contributed by atoms with Crippen molar-refractivity contribution in [3.63, 3.8) is 0 Å². The molecule has 18 heavy (non-hydrogen) atoms. The number of nitrogens with one attached hydrogen (secondary N) is 1. The number of carbonyl (C=O) groups is 1. The van der Waals surface area contributed by atoms with E-state index in [1.807, 2.05) is 18.5 Å². The van der Waals surface area contributed by atoms with Gasteiger partial charge in [0.15, 0.2) is 0 Å². The number of hydrogen-bond acceptors (Lipinski definition) is 3. The minimum atomic E-state index is -2.75. The van der Waals surface area contributed by atoms with E-state index in [1.165, 1.54) is 0 Å². The van der Waals surface area contributed by atoms with Crippen LogP contribution in [0, 0.1) is 12.3 Å². The number of aromatic nitrogens is 1. The predicted octanol–water partition coefficient (Wildman–Crippen LogP) is 2.23. The SMILES string of the molecule is Cc1cccc(CONC(=O)C(C)(C)C(F)F)n1. The fraction of sp³-hybridized carbons (Fsp3) is 0.500. The summed E-state index contributed by atoms with van der Waals surface area (Å²) in [5.41, 5.74) is 1.67. The van der Waals surface area contributed by atoms with Gasteiger partial charge >= 0.3 is 0 Å². The summed E-state index contributed by atoms with van der Waals surface area (Å²) in [6, 6.07) is 5.34. The monoisotopic (exact) mass is 258 g/mol. The lowest BCUT2D eigenvalue weighted by Gasteiger charge is -2.21. The average Bonchev–Trinajstić information content (AvgIpc) is 2.28. The normalized spacial score (nSPS) is 11.7. The Hall–Kier alpha value is -1.56. The van der Waals surface area contributed by atoms with Crippen LogP contribution in [-0.4, -0.2) is 17.3 Å². The zero-order valence-corrected chi connectivity index (χ0v) is 10.5. The fourth-order valence-corrected chi connectivity index (χ4v) is 1.09. The van der Waals surface area contributed by atoms with Crippen molar-refractivity contribution >= 4 is 5.91 Å². The molecule has 4 nitrogen and oxygen atoms in total. The van der Waals surface area contributed by atoms with Gasteiger partial charge in [-0.2, -0.15) is 0 Å². The number of amides is 1. The van der Waals surface area contributed by atoms with Crippen LogP contribution < -0.4 is 5.48 Å². The minimum Gasteiger partial charge on any atom is -0.272 e. The van der Waals surface area contributed by atoms with Gasteiger partial charge in [-0.3, -0.25) is 14.6 Å². The number of carbonyl (C=O) groups excluding carboxylic acids is 1. The van der Waals surface area contributed by atoms with Crippen LogP contribution in [0.2, 0.25) is 0 Å². The molecule has 1 aromatic heterocycles. The summed E-state index contributed by atoms with van der Waals surface area (Å²) < 4.78 is 25.1. The molecular formula is C12H16F2N2O2. The van der Waals surface area contributed by atoms with Gasteiger partial charge < -0.3 is 0 Å². The van der Waals surface area contributed by atoms with Crippen LogP contribution in [0.25, 0.3) is 0 Å². The van der Waals surface area contributed by atoms with Crippen molar-refractivity contribution in [3.05, 3.63) is 29.6 Å². The zero-order chi connectivity index (χ0) is 13.8. The van der Waals surface area contributed by atoms with E-state index in [4.69, 9.17) is 4.84 Å². The molecule has 1 N–H and O–H groups in total. The first kappa shape index (κ1) is 14.5. The van der Waals surface area contributed by atoms with Crippen molar-refractivity contribution in [3.8, 4) is 0 Å². The highest BCUT2D eigenvalue weighted by Crippen LogP contribution is 2.24. The molecule has 6 heteroatoms. The number of hydroxylamine groups is 1. The molecule has 1 amide bonds. The van der Waals surface area contributed by atoms with Crippen LogP contribution in [-0.2, 0) is 16.2 Å². The topological polar surface area (TPSA) is 51.2 Å². The summed E-state index contributed by atoms with van der Waals surface area (Å²) in [4.78, 5) is 20.4. The van der Waals surface area contributed by atoms with Gasteiger partial charge in [0.2, 0.25) is 0 Å². The highest BCUT2D eigenvalue weighted by molar-refractivity contribution is 5.81. The van der Waals surface area contributed by atoms with Gasteiger partial charge in [-0.25, -0.2) is 14.3 Å². The van der Waals surface area contributed by atoms with E-state index >= 15 is 0 Å². The first-order valence-corrected chi connectivity index (χ1v) is 5.47. The van der Waals surface area contributed by atoms with Crippen LogP contribution in [0.4, 0.5) is 8.78 Å². The molecule has 0 fully saturated rings. The Balaban J connectivity index is 2.45. The van der Waals surface area contributed by atoms with Crippen LogP contribution in [0.15, 0.2) is 18.2 Å². The van der Waals surface area contributed by atoms with E-state index in [2.05, 4.69) is 4.98 Å². The van der Waals surface area contributed by atoms with Gasteiger partial charge in [0.25, 0.3) is 12.3 Å². The van der Waals surface area contributed by atoms with Crippen molar-refractivity contribution in [1.82, 2.24) is 10.5 Å². The number of pyridine rings is 1. The first-order chi connectivity index (χ1) is 8.34. The van der Waals surface area contributed by atoms with Crippen molar-refractivity contribution in [2.45, 2.75) is 33.8 Å². The second kappa shape index (κ2) is 5.86. The summed E-state index contributed by atoms with van der Waals surface area (Å²) in [7, 11) is 0. The van der Waals surface area contributed by atoms with Gasteiger partial charge in [0.05, 0.1) is 5.69 Å². The molecule has 0 aliphatic rings. The molecule has 0 aliphatic carbocycles. The van der Waals surface area contributed by atoms with E-state index in [0.717, 1.165) is 19.5 Å². The molecule has 0 spiro atoms. The molecule has 100 valence electrons. The Morgan fingerprint density at radius 3 is 2.72 bits per heavy atom. The summed E-state index contributed by atoms with van der Waals surface area (Å²) in [5, 5.41) is 0. The van der Waals surface area contributed by atoms with Gasteiger partial charge in [0, 0.05) is 5.69 Å². The van der Waals surface area contributed by atoms with Crippen molar-refractivity contribution in [2.75, 3.05) is 0 Å². The maximum Gasteiger partial charge on any atom is 0.254 e. The Kier molecular flexibility index (Phi) is 4.72. The fourth-order valence-electron chi connectivity index (χ4n) is 1.09. The van der Waals surface area contributed by atoms with Crippen LogP contribution in [0.3, 0.4) is 0 Å². The number of halogens is 2. The molecule has 0 saturated heterocycles. The number of rotatable bonds is 5. The summed E-state index contributed by atoms with van der Waals surface area (Å²) >= 11 is 0. The van der Waals surface area contributed by atoms with Crippen LogP contribution in [0.1, 0.15) is 25.2 Å². The van der Waals surface area contributed by atoms with E-state index in [0.29, 0.717) is 5.69 Å². The van der Waals surface area contributed by atoms with Gasteiger partial charge in [-0.1, -0.05) is 6.07 Å². The third-order valence-electron chi connectivity index (χ3n) is 2.46. The molecule has 0 bridgehead atoms. The number of nitrogens with zero attached hydrogens (tertiary/aromatic N) is 1. The summed E-state index contributed by atoms with van der Waals surface area (Å²) in [6.07, 6.45) is -2.75. The number of alkyl halides is 2. The van der Waals surface area contributed by atoms with E-state index in [-0.39, 0.29) is 6.61 Å². The Morgan fingerprint density at radius 2 is 2.17 bits per heavy atom. The molecule has 0 radical (unpaired) electrons. The van der Waals surface area contributed by atoms with E-state index in [1.54, 1.807) is 12.1 Å². The maximum absolute atomic E-state index is 12.5. The predicted molar refractivity (Wildman–Crippen MR) is 61.7 cm³/mol. The molecular weight excluding hydrogens is 242 g/mol. The largest absolute Gasteiger partial charge is 0.272 e. The lowest BCUT2D eigenvalue weighted by atomic mass is 9.94. The molecule has 0 atom stereocenters. The van der Waals surface area contributed by atoms with Crippen LogP contribution in [0.5, 0.6) is 0 Å². The van der Waals surface area contributed by atoms with Crippen molar-refractivity contribution in [1.29, 1.82) is 0 Å². The minimum absolute atomic E-state index is 0.0345. The molecule has 0 unspecified atom stereocenters.